The predicted octanol–water partition coefficient (Wildman–Crippen LogP) is 4.37. The molecule has 1 saturated carbocycles. The molecule has 8 nitrogen and oxygen atoms in total. The minimum Gasteiger partial charge on any atom is -0.444 e. The maximum absolute atomic E-state index is 12.2. The Labute approximate surface area is 165 Å². The molecule has 1 amide bonds. The maximum Gasteiger partial charge on any atom is 0.410 e. The molecule has 28 heavy (non-hydrogen) atoms. The minimum absolute atomic E-state index is 0.00226. The number of nitro groups is 1. The fourth-order valence-corrected chi connectivity index (χ4v) is 3.57. The van der Waals surface area contributed by atoms with Crippen LogP contribution in [0.15, 0.2) is 18.3 Å². The molecule has 1 N–H and O–H groups in total. The summed E-state index contributed by atoms with van der Waals surface area (Å²) in [5, 5.41) is 14.7. The average molecular weight is 388 g/mol. The Morgan fingerprint density at radius 3 is 2.64 bits per heavy atom. The van der Waals surface area contributed by atoms with Gasteiger partial charge in [0.25, 0.3) is 0 Å². The number of amides is 1. The average Bonchev–Trinajstić information content (AvgIpc) is 3.13. The van der Waals surface area contributed by atoms with Crippen LogP contribution in [0, 0.1) is 10.1 Å². The van der Waals surface area contributed by atoms with Crippen molar-refractivity contribution in [2.45, 2.75) is 64.5 Å². The molecular formula is C20H28N4O4. The summed E-state index contributed by atoms with van der Waals surface area (Å²) in [6, 6.07) is 2.04. The Morgan fingerprint density at radius 2 is 2.07 bits per heavy atom. The third-order valence-corrected chi connectivity index (χ3v) is 4.98. The van der Waals surface area contributed by atoms with Crippen molar-refractivity contribution in [3.05, 3.63) is 34.1 Å². The molecule has 0 unspecified atom stereocenters. The summed E-state index contributed by atoms with van der Waals surface area (Å²) in [4.78, 5) is 29.1. The van der Waals surface area contributed by atoms with Gasteiger partial charge in [-0.3, -0.25) is 10.1 Å². The molecule has 0 aromatic carbocycles. The van der Waals surface area contributed by atoms with Gasteiger partial charge < -0.3 is 15.0 Å². The SMILES string of the molecule is CC(C)(C)OC(=O)N1CC=C(c2cc(NC3CCCC3)c([N+](=O)[O-])cn2)CC1. The van der Waals surface area contributed by atoms with E-state index < -0.39 is 10.5 Å². The minimum atomic E-state index is -0.526. The highest BCUT2D eigenvalue weighted by atomic mass is 16.6. The van der Waals surface area contributed by atoms with Crippen LogP contribution in [-0.4, -0.2) is 45.6 Å². The van der Waals surface area contributed by atoms with Crippen molar-refractivity contribution in [3.63, 3.8) is 0 Å². The van der Waals surface area contributed by atoms with Gasteiger partial charge in [0.2, 0.25) is 0 Å². The van der Waals surface area contributed by atoms with E-state index in [0.29, 0.717) is 25.2 Å². The fourth-order valence-electron chi connectivity index (χ4n) is 3.57. The van der Waals surface area contributed by atoms with Crippen LogP contribution in [0.25, 0.3) is 5.57 Å². The summed E-state index contributed by atoms with van der Waals surface area (Å²) in [7, 11) is 0. The molecule has 0 bridgehead atoms. The van der Waals surface area contributed by atoms with Gasteiger partial charge in [-0.2, -0.15) is 0 Å². The van der Waals surface area contributed by atoms with Crippen molar-refractivity contribution in [2.24, 2.45) is 0 Å². The number of pyridine rings is 1. The number of nitrogens with one attached hydrogen (secondary N) is 1. The van der Waals surface area contributed by atoms with E-state index in [0.717, 1.165) is 37.0 Å². The number of hydrogen-bond donors (Lipinski definition) is 1. The number of rotatable bonds is 4. The van der Waals surface area contributed by atoms with Crippen molar-refractivity contribution in [1.29, 1.82) is 0 Å². The van der Waals surface area contributed by atoms with Crippen molar-refractivity contribution >= 4 is 23.0 Å². The second-order valence-electron chi connectivity index (χ2n) is 8.38. The number of carbonyl (C=O) groups is 1. The topological polar surface area (TPSA) is 97.6 Å². The fraction of sp³-hybridized carbons (Fsp3) is 0.600. The number of hydrogen-bond acceptors (Lipinski definition) is 6. The van der Waals surface area contributed by atoms with E-state index in [9.17, 15) is 14.9 Å². The normalized spacial score (nSPS) is 18.0. The molecule has 0 saturated heterocycles. The van der Waals surface area contributed by atoms with Crippen molar-refractivity contribution in [3.8, 4) is 0 Å². The molecule has 1 aromatic heterocycles. The summed E-state index contributed by atoms with van der Waals surface area (Å²) in [5.41, 5.74) is 1.71. The molecule has 8 heteroatoms. The summed E-state index contributed by atoms with van der Waals surface area (Å²) in [6.07, 6.45) is 7.93. The summed E-state index contributed by atoms with van der Waals surface area (Å²) < 4.78 is 5.41. The number of anilines is 1. The van der Waals surface area contributed by atoms with E-state index in [2.05, 4.69) is 10.3 Å². The molecule has 1 fully saturated rings. The molecule has 0 spiro atoms. The van der Waals surface area contributed by atoms with E-state index in [-0.39, 0.29) is 17.8 Å². The van der Waals surface area contributed by atoms with Crippen LogP contribution in [0.1, 0.15) is 58.6 Å². The Morgan fingerprint density at radius 1 is 1.36 bits per heavy atom. The Kier molecular flexibility index (Phi) is 5.86. The van der Waals surface area contributed by atoms with Gasteiger partial charge in [0.1, 0.15) is 17.5 Å². The zero-order chi connectivity index (χ0) is 20.3. The molecule has 1 aromatic rings. The van der Waals surface area contributed by atoms with Gasteiger partial charge in [-0.05, 0) is 51.7 Å². The van der Waals surface area contributed by atoms with Crippen LogP contribution < -0.4 is 5.32 Å². The van der Waals surface area contributed by atoms with Crippen LogP contribution in [0.5, 0.6) is 0 Å². The predicted molar refractivity (Wildman–Crippen MR) is 107 cm³/mol. The second kappa shape index (κ2) is 8.16. The summed E-state index contributed by atoms with van der Waals surface area (Å²) >= 11 is 0. The highest BCUT2D eigenvalue weighted by Gasteiger charge is 2.26. The van der Waals surface area contributed by atoms with Crippen LogP contribution >= 0.6 is 0 Å². The molecule has 3 rings (SSSR count). The molecule has 152 valence electrons. The van der Waals surface area contributed by atoms with Gasteiger partial charge in [-0.1, -0.05) is 18.9 Å². The Balaban J connectivity index is 1.74. The lowest BCUT2D eigenvalue weighted by molar-refractivity contribution is -0.384. The quantitative estimate of drug-likeness (QED) is 0.608. The van der Waals surface area contributed by atoms with Gasteiger partial charge in [0.05, 0.1) is 10.6 Å². The van der Waals surface area contributed by atoms with E-state index in [1.807, 2.05) is 26.8 Å². The highest BCUT2D eigenvalue weighted by molar-refractivity contribution is 5.74. The first kappa shape index (κ1) is 20.1. The van der Waals surface area contributed by atoms with E-state index in [1.165, 1.54) is 6.20 Å². The van der Waals surface area contributed by atoms with Crippen molar-refractivity contribution < 1.29 is 14.5 Å². The lowest BCUT2D eigenvalue weighted by Crippen LogP contribution is -2.39. The van der Waals surface area contributed by atoms with Gasteiger partial charge in [0.15, 0.2) is 0 Å². The molecule has 2 aliphatic rings. The largest absolute Gasteiger partial charge is 0.444 e. The van der Waals surface area contributed by atoms with Crippen LogP contribution in [-0.2, 0) is 4.74 Å². The maximum atomic E-state index is 12.2. The van der Waals surface area contributed by atoms with Gasteiger partial charge in [0, 0.05) is 19.1 Å². The summed E-state index contributed by atoms with van der Waals surface area (Å²) in [6.45, 7) is 6.50. The van der Waals surface area contributed by atoms with Gasteiger partial charge in [-0.15, -0.1) is 0 Å². The monoisotopic (exact) mass is 388 g/mol. The number of carbonyl (C=O) groups excluding carboxylic acids is 1. The molecule has 0 radical (unpaired) electrons. The van der Waals surface area contributed by atoms with Crippen LogP contribution in [0.2, 0.25) is 0 Å². The third kappa shape index (κ3) is 4.99. The first-order valence-electron chi connectivity index (χ1n) is 9.81. The second-order valence-corrected chi connectivity index (χ2v) is 8.38. The van der Waals surface area contributed by atoms with E-state index in [1.54, 1.807) is 11.0 Å². The van der Waals surface area contributed by atoms with E-state index in [4.69, 9.17) is 4.74 Å². The number of nitrogens with zero attached hydrogens (tertiary/aromatic N) is 3. The van der Waals surface area contributed by atoms with Crippen molar-refractivity contribution in [2.75, 3.05) is 18.4 Å². The van der Waals surface area contributed by atoms with Crippen LogP contribution in [0.3, 0.4) is 0 Å². The Bertz CT molecular complexity index is 779. The standard InChI is InChI=1S/C20H28N4O4/c1-20(2,3)28-19(25)23-10-8-14(9-11-23)16-12-17(18(13-21-16)24(26)27)22-15-6-4-5-7-15/h8,12-13,15H,4-7,9-11H2,1-3H3,(H,21,22). The lowest BCUT2D eigenvalue weighted by atomic mass is 10.0. The number of aromatic nitrogens is 1. The zero-order valence-corrected chi connectivity index (χ0v) is 16.7. The first-order chi connectivity index (χ1) is 13.2. The smallest absolute Gasteiger partial charge is 0.410 e. The lowest BCUT2D eigenvalue weighted by Gasteiger charge is -2.29. The van der Waals surface area contributed by atoms with Gasteiger partial charge >= 0.3 is 11.8 Å². The Hall–Kier alpha value is -2.64. The number of ether oxygens (including phenoxy) is 1. The van der Waals surface area contributed by atoms with E-state index >= 15 is 0 Å². The molecule has 1 aliphatic carbocycles. The molecule has 1 aliphatic heterocycles. The zero-order valence-electron chi connectivity index (χ0n) is 16.7. The van der Waals surface area contributed by atoms with Crippen LogP contribution in [0.4, 0.5) is 16.2 Å². The van der Waals surface area contributed by atoms with Gasteiger partial charge in [-0.25, -0.2) is 9.78 Å². The van der Waals surface area contributed by atoms with Crippen molar-refractivity contribution in [1.82, 2.24) is 9.88 Å². The third-order valence-electron chi connectivity index (χ3n) is 4.98. The summed E-state index contributed by atoms with van der Waals surface area (Å²) in [5.74, 6) is 0. The molecular weight excluding hydrogens is 360 g/mol. The highest BCUT2D eigenvalue weighted by Crippen LogP contribution is 2.32. The molecule has 2 heterocycles. The molecule has 0 atom stereocenters. The first-order valence-corrected chi connectivity index (χ1v) is 9.81.